The molecule has 0 N–H and O–H groups in total. The molecule has 3 aromatic carbocycles. The van der Waals surface area contributed by atoms with Gasteiger partial charge in [-0.05, 0) is 30.3 Å². The molecule has 0 bridgehead atoms. The lowest BCUT2D eigenvalue weighted by atomic mass is 10.1. The number of hydrogen-bond acceptors (Lipinski definition) is 2. The van der Waals surface area contributed by atoms with Crippen LogP contribution in [0.5, 0.6) is 5.75 Å². The molecule has 0 radical (unpaired) electrons. The van der Waals surface area contributed by atoms with Crippen molar-refractivity contribution in [2.24, 2.45) is 0 Å². The van der Waals surface area contributed by atoms with Gasteiger partial charge in [0.05, 0.1) is 24.7 Å². The molecule has 0 amide bonds. The fourth-order valence-corrected chi connectivity index (χ4v) is 3.49. The number of benzene rings is 3. The van der Waals surface area contributed by atoms with Gasteiger partial charge < -0.3 is 9.30 Å². The second kappa shape index (κ2) is 6.73. The maximum atomic E-state index is 5.53. The van der Waals surface area contributed by atoms with E-state index in [9.17, 15) is 0 Å². The van der Waals surface area contributed by atoms with Crippen molar-refractivity contribution in [2.75, 3.05) is 7.11 Å². The van der Waals surface area contributed by atoms with E-state index in [-0.39, 0.29) is 0 Å². The molecule has 0 saturated carbocycles. The van der Waals surface area contributed by atoms with Gasteiger partial charge in [-0.25, -0.2) is 4.98 Å². The molecule has 4 heteroatoms. The number of ether oxygens (including phenoxy) is 1. The van der Waals surface area contributed by atoms with E-state index in [0.717, 1.165) is 38.2 Å². The lowest BCUT2D eigenvalue weighted by Gasteiger charge is -2.13. The summed E-state index contributed by atoms with van der Waals surface area (Å²) in [5.41, 5.74) is 4.32. The van der Waals surface area contributed by atoms with Crippen LogP contribution < -0.4 is 4.74 Å². The highest BCUT2D eigenvalue weighted by molar-refractivity contribution is 9.10. The van der Waals surface area contributed by atoms with Gasteiger partial charge in [-0.1, -0.05) is 58.4 Å². The van der Waals surface area contributed by atoms with Gasteiger partial charge in [-0.15, -0.1) is 0 Å². The number of para-hydroxylation sites is 3. The van der Waals surface area contributed by atoms with Crippen molar-refractivity contribution in [3.63, 3.8) is 0 Å². The Kier molecular flexibility index (Phi) is 4.28. The Bertz CT molecular complexity index is 1040. The Morgan fingerprint density at radius 1 is 0.960 bits per heavy atom. The highest BCUT2D eigenvalue weighted by atomic mass is 79.9. The van der Waals surface area contributed by atoms with Crippen molar-refractivity contribution in [1.29, 1.82) is 0 Å². The lowest BCUT2D eigenvalue weighted by molar-refractivity contribution is 0.408. The van der Waals surface area contributed by atoms with Crippen LogP contribution in [0.15, 0.2) is 77.3 Å². The summed E-state index contributed by atoms with van der Waals surface area (Å²) in [5, 5.41) is 0. The van der Waals surface area contributed by atoms with E-state index >= 15 is 0 Å². The van der Waals surface area contributed by atoms with Gasteiger partial charge >= 0.3 is 0 Å². The normalized spacial score (nSPS) is 11.0. The largest absolute Gasteiger partial charge is 0.496 e. The molecule has 3 nitrogen and oxygen atoms in total. The van der Waals surface area contributed by atoms with E-state index < -0.39 is 0 Å². The van der Waals surface area contributed by atoms with Crippen molar-refractivity contribution in [3.05, 3.63) is 82.8 Å². The molecule has 0 aliphatic heterocycles. The van der Waals surface area contributed by atoms with E-state index in [1.165, 1.54) is 0 Å². The summed E-state index contributed by atoms with van der Waals surface area (Å²) in [6.07, 6.45) is 0. The minimum atomic E-state index is 0.701. The zero-order chi connectivity index (χ0) is 17.2. The molecular weight excluding hydrogens is 376 g/mol. The number of fused-ring (bicyclic) bond motifs is 1. The van der Waals surface area contributed by atoms with Crippen LogP contribution in [0.4, 0.5) is 0 Å². The van der Waals surface area contributed by atoms with E-state index in [1.807, 2.05) is 42.5 Å². The zero-order valence-corrected chi connectivity index (χ0v) is 15.4. The highest BCUT2D eigenvalue weighted by Crippen LogP contribution is 2.29. The second-order valence-corrected chi connectivity index (χ2v) is 6.75. The summed E-state index contributed by atoms with van der Waals surface area (Å²) in [6, 6.07) is 24.6. The third kappa shape index (κ3) is 3.05. The van der Waals surface area contributed by atoms with Gasteiger partial charge in [0, 0.05) is 15.6 Å². The van der Waals surface area contributed by atoms with E-state index in [0.29, 0.717) is 6.54 Å². The molecule has 25 heavy (non-hydrogen) atoms. The molecule has 124 valence electrons. The second-order valence-electron chi connectivity index (χ2n) is 5.83. The summed E-state index contributed by atoms with van der Waals surface area (Å²) >= 11 is 3.56. The lowest BCUT2D eigenvalue weighted by Crippen LogP contribution is -2.04. The Morgan fingerprint density at radius 2 is 1.76 bits per heavy atom. The molecule has 0 unspecified atom stereocenters. The summed E-state index contributed by atoms with van der Waals surface area (Å²) in [7, 11) is 1.71. The van der Waals surface area contributed by atoms with Crippen LogP contribution in [0.2, 0.25) is 0 Å². The van der Waals surface area contributed by atoms with Crippen LogP contribution in [-0.4, -0.2) is 16.7 Å². The number of nitrogens with zero attached hydrogens (tertiary/aromatic N) is 2. The molecular formula is C21H17BrN2O. The topological polar surface area (TPSA) is 27.1 Å². The van der Waals surface area contributed by atoms with Crippen molar-refractivity contribution >= 4 is 27.0 Å². The maximum Gasteiger partial charge on any atom is 0.141 e. The van der Waals surface area contributed by atoms with Crippen molar-refractivity contribution in [1.82, 2.24) is 9.55 Å². The molecule has 1 aromatic heterocycles. The SMILES string of the molecule is COc1ccccc1Cn1c(-c2cccc(Br)c2)nc2ccccc21. The van der Waals surface area contributed by atoms with E-state index in [1.54, 1.807) is 7.11 Å². The maximum absolute atomic E-state index is 5.53. The van der Waals surface area contributed by atoms with E-state index in [2.05, 4.69) is 50.8 Å². The van der Waals surface area contributed by atoms with Crippen LogP contribution in [0.25, 0.3) is 22.4 Å². The predicted octanol–water partition coefficient (Wildman–Crippen LogP) is 5.52. The molecule has 4 aromatic rings. The molecule has 0 atom stereocenters. The van der Waals surface area contributed by atoms with Gasteiger partial charge in [-0.3, -0.25) is 0 Å². The van der Waals surface area contributed by atoms with Crippen LogP contribution >= 0.6 is 15.9 Å². The van der Waals surface area contributed by atoms with E-state index in [4.69, 9.17) is 9.72 Å². The molecule has 4 rings (SSSR count). The fourth-order valence-electron chi connectivity index (χ4n) is 3.09. The third-order valence-electron chi connectivity index (χ3n) is 4.26. The third-order valence-corrected chi connectivity index (χ3v) is 4.75. The number of hydrogen-bond donors (Lipinski definition) is 0. The van der Waals surface area contributed by atoms with Crippen LogP contribution in [0.3, 0.4) is 0 Å². The van der Waals surface area contributed by atoms with Crippen molar-refractivity contribution in [2.45, 2.75) is 6.54 Å². The molecule has 0 aliphatic carbocycles. The molecule has 0 aliphatic rings. The first-order chi connectivity index (χ1) is 12.3. The number of rotatable bonds is 4. The summed E-state index contributed by atoms with van der Waals surface area (Å²) in [5.74, 6) is 1.84. The first kappa shape index (κ1) is 15.9. The van der Waals surface area contributed by atoms with Gasteiger partial charge in [0.15, 0.2) is 0 Å². The average Bonchev–Trinajstić information content (AvgIpc) is 3.01. The number of methoxy groups -OCH3 is 1. The first-order valence-corrected chi connectivity index (χ1v) is 8.88. The predicted molar refractivity (Wildman–Crippen MR) is 105 cm³/mol. The number of imidazole rings is 1. The van der Waals surface area contributed by atoms with Crippen LogP contribution in [-0.2, 0) is 6.54 Å². The average molecular weight is 393 g/mol. The van der Waals surface area contributed by atoms with Crippen molar-refractivity contribution < 1.29 is 4.74 Å². The Morgan fingerprint density at radius 3 is 2.60 bits per heavy atom. The first-order valence-electron chi connectivity index (χ1n) is 8.09. The van der Waals surface area contributed by atoms with Crippen LogP contribution in [0, 0.1) is 0 Å². The molecule has 0 fully saturated rings. The standard InChI is InChI=1S/C21H17BrN2O/c1-25-20-12-5-2-7-16(20)14-24-19-11-4-3-10-18(19)23-21(24)15-8-6-9-17(22)13-15/h2-13H,14H2,1H3. The number of halogens is 1. The summed E-state index contributed by atoms with van der Waals surface area (Å²) in [6.45, 7) is 0.701. The molecule has 0 spiro atoms. The van der Waals surface area contributed by atoms with Gasteiger partial charge in [0.25, 0.3) is 0 Å². The molecule has 0 saturated heterocycles. The summed E-state index contributed by atoms with van der Waals surface area (Å²) in [4.78, 5) is 4.88. The Balaban J connectivity index is 1.91. The monoisotopic (exact) mass is 392 g/mol. The van der Waals surface area contributed by atoms with Crippen molar-refractivity contribution in [3.8, 4) is 17.1 Å². The van der Waals surface area contributed by atoms with Gasteiger partial charge in [0.2, 0.25) is 0 Å². The van der Waals surface area contributed by atoms with Gasteiger partial charge in [0.1, 0.15) is 11.6 Å². The summed E-state index contributed by atoms with van der Waals surface area (Å²) < 4.78 is 8.82. The Labute approximate surface area is 155 Å². The van der Waals surface area contributed by atoms with Crippen LogP contribution in [0.1, 0.15) is 5.56 Å². The molecule has 1 heterocycles. The quantitative estimate of drug-likeness (QED) is 0.456. The fraction of sp³-hybridized carbons (Fsp3) is 0.0952. The zero-order valence-electron chi connectivity index (χ0n) is 13.8. The minimum absolute atomic E-state index is 0.701. The minimum Gasteiger partial charge on any atom is -0.496 e. The highest BCUT2D eigenvalue weighted by Gasteiger charge is 2.14. The smallest absolute Gasteiger partial charge is 0.141 e. The van der Waals surface area contributed by atoms with Gasteiger partial charge in [-0.2, -0.15) is 0 Å². The number of aromatic nitrogens is 2. The Hall–Kier alpha value is -2.59.